The highest BCUT2D eigenvalue weighted by Gasteiger charge is 2.18. The number of methoxy groups -OCH3 is 1. The topological polar surface area (TPSA) is 52.8 Å². The largest absolute Gasteiger partial charge is 0.497 e. The smallest absolute Gasteiger partial charge is 0.211 e. The van der Waals surface area contributed by atoms with Crippen molar-refractivity contribution >= 4 is 23.1 Å². The number of aromatic nitrogens is 4. The second-order valence-electron chi connectivity index (χ2n) is 8.09. The maximum absolute atomic E-state index is 5.43. The van der Waals surface area contributed by atoms with Crippen molar-refractivity contribution in [1.82, 2.24) is 19.7 Å². The summed E-state index contributed by atoms with van der Waals surface area (Å²) < 4.78 is 8.54. The van der Waals surface area contributed by atoms with E-state index in [9.17, 15) is 0 Å². The maximum atomic E-state index is 5.43. The second kappa shape index (κ2) is 9.46. The second-order valence-corrected chi connectivity index (χ2v) is 10.9. The molecule has 0 saturated heterocycles. The van der Waals surface area contributed by atoms with E-state index in [1.165, 1.54) is 15.3 Å². The van der Waals surface area contributed by atoms with Crippen molar-refractivity contribution in [3.8, 4) is 22.1 Å². The summed E-state index contributed by atoms with van der Waals surface area (Å²) in [5, 5.41) is 6.13. The molecule has 0 aliphatic carbocycles. The molecule has 0 amide bonds. The summed E-state index contributed by atoms with van der Waals surface area (Å²) >= 11 is 3.51. The standard InChI is InChI=1S/C25H28N4OS2/c1-15(2)31-24-23(20-8-7-9-22(13-20)30-6)27-25(32-24)29-14-21(18(5)28-29)12-19-11-10-16(3)26-17(19)4/h7-11,13-15H,12H2,1-6H3. The van der Waals surface area contributed by atoms with Crippen LogP contribution in [0.4, 0.5) is 0 Å². The van der Waals surface area contributed by atoms with Gasteiger partial charge in [-0.25, -0.2) is 9.67 Å². The van der Waals surface area contributed by atoms with Gasteiger partial charge in [-0.3, -0.25) is 4.98 Å². The van der Waals surface area contributed by atoms with Crippen LogP contribution in [0.1, 0.15) is 42.1 Å². The molecule has 0 fully saturated rings. The average molecular weight is 465 g/mol. The molecule has 0 saturated carbocycles. The number of thioether (sulfide) groups is 1. The molecule has 4 aromatic rings. The van der Waals surface area contributed by atoms with Crippen LogP contribution in [0.5, 0.6) is 5.75 Å². The Labute approximate surface area is 197 Å². The van der Waals surface area contributed by atoms with Gasteiger partial charge in [-0.15, -0.1) is 11.8 Å². The van der Waals surface area contributed by atoms with Crippen molar-refractivity contribution in [3.63, 3.8) is 0 Å². The predicted octanol–water partition coefficient (Wildman–Crippen LogP) is 6.42. The molecule has 0 aliphatic heterocycles. The zero-order valence-electron chi connectivity index (χ0n) is 19.3. The third kappa shape index (κ3) is 4.89. The fourth-order valence-corrected chi connectivity index (χ4v) is 5.96. The highest BCUT2D eigenvalue weighted by molar-refractivity contribution is 8.01. The highest BCUT2D eigenvalue weighted by atomic mass is 32.2. The van der Waals surface area contributed by atoms with Crippen LogP contribution < -0.4 is 4.74 Å². The SMILES string of the molecule is COc1cccc(-c2nc(-n3cc(Cc4ccc(C)nc4C)c(C)n3)sc2SC(C)C)c1. The summed E-state index contributed by atoms with van der Waals surface area (Å²) in [6.45, 7) is 10.6. The number of nitrogens with zero attached hydrogens (tertiary/aromatic N) is 4. The average Bonchev–Trinajstić information content (AvgIpc) is 3.33. The molecule has 0 atom stereocenters. The summed E-state index contributed by atoms with van der Waals surface area (Å²) in [7, 11) is 1.69. The van der Waals surface area contributed by atoms with E-state index in [4.69, 9.17) is 14.8 Å². The van der Waals surface area contributed by atoms with Gasteiger partial charge in [0.15, 0.2) is 0 Å². The molecule has 0 N–H and O–H groups in total. The molecule has 0 radical (unpaired) electrons. The molecule has 3 heterocycles. The van der Waals surface area contributed by atoms with Gasteiger partial charge in [-0.2, -0.15) is 5.10 Å². The van der Waals surface area contributed by atoms with E-state index >= 15 is 0 Å². The summed E-state index contributed by atoms with van der Waals surface area (Å²) in [6.07, 6.45) is 2.92. The summed E-state index contributed by atoms with van der Waals surface area (Å²) in [6, 6.07) is 12.3. The molecule has 3 aromatic heterocycles. The highest BCUT2D eigenvalue weighted by Crippen LogP contribution is 2.40. The summed E-state index contributed by atoms with van der Waals surface area (Å²) in [5.41, 5.74) is 7.59. The molecular formula is C25H28N4OS2. The van der Waals surface area contributed by atoms with Crippen molar-refractivity contribution in [1.29, 1.82) is 0 Å². The first-order chi connectivity index (χ1) is 15.3. The molecule has 7 heteroatoms. The molecule has 0 spiro atoms. The fourth-order valence-electron chi connectivity index (χ4n) is 3.51. The van der Waals surface area contributed by atoms with E-state index in [2.05, 4.69) is 57.1 Å². The minimum absolute atomic E-state index is 0.458. The third-order valence-corrected chi connectivity index (χ3v) is 7.44. The van der Waals surface area contributed by atoms with Crippen molar-refractivity contribution < 1.29 is 4.74 Å². The fraction of sp³-hybridized carbons (Fsp3) is 0.320. The zero-order chi connectivity index (χ0) is 22.8. The predicted molar refractivity (Wildman–Crippen MR) is 133 cm³/mol. The minimum atomic E-state index is 0.458. The van der Waals surface area contributed by atoms with E-state index in [1.54, 1.807) is 18.4 Å². The van der Waals surface area contributed by atoms with Gasteiger partial charge in [-0.05, 0) is 50.1 Å². The monoisotopic (exact) mass is 464 g/mol. The van der Waals surface area contributed by atoms with Crippen LogP contribution in [-0.4, -0.2) is 32.1 Å². The number of hydrogen-bond acceptors (Lipinski definition) is 6. The van der Waals surface area contributed by atoms with Crippen LogP contribution in [0, 0.1) is 20.8 Å². The normalized spacial score (nSPS) is 11.3. The number of aryl methyl sites for hydroxylation is 3. The Kier molecular flexibility index (Phi) is 6.67. The van der Waals surface area contributed by atoms with Crippen LogP contribution in [0.2, 0.25) is 0 Å². The Morgan fingerprint density at radius 1 is 1.03 bits per heavy atom. The van der Waals surface area contributed by atoms with Crippen LogP contribution in [0.3, 0.4) is 0 Å². The van der Waals surface area contributed by atoms with Gasteiger partial charge in [-0.1, -0.05) is 43.4 Å². The molecule has 0 bridgehead atoms. The summed E-state index contributed by atoms with van der Waals surface area (Å²) in [5.74, 6) is 0.830. The van der Waals surface area contributed by atoms with Crippen LogP contribution >= 0.6 is 23.1 Å². The van der Waals surface area contributed by atoms with Crippen molar-refractivity contribution in [3.05, 3.63) is 70.8 Å². The molecule has 32 heavy (non-hydrogen) atoms. The first kappa shape index (κ1) is 22.6. The van der Waals surface area contributed by atoms with Crippen LogP contribution in [0.15, 0.2) is 46.8 Å². The maximum Gasteiger partial charge on any atom is 0.211 e. The number of benzene rings is 1. The van der Waals surface area contributed by atoms with Gasteiger partial charge >= 0.3 is 0 Å². The van der Waals surface area contributed by atoms with Crippen molar-refractivity contribution in [2.75, 3.05) is 7.11 Å². The Morgan fingerprint density at radius 3 is 2.56 bits per heavy atom. The molecule has 166 valence electrons. The van der Waals surface area contributed by atoms with Crippen molar-refractivity contribution in [2.45, 2.75) is 50.5 Å². The van der Waals surface area contributed by atoms with Crippen molar-refractivity contribution in [2.24, 2.45) is 0 Å². The zero-order valence-corrected chi connectivity index (χ0v) is 21.0. The van der Waals surface area contributed by atoms with E-state index in [0.29, 0.717) is 5.25 Å². The molecule has 5 nitrogen and oxygen atoms in total. The van der Waals surface area contributed by atoms with Gasteiger partial charge in [0, 0.05) is 34.8 Å². The summed E-state index contributed by atoms with van der Waals surface area (Å²) in [4.78, 5) is 9.60. The quantitative estimate of drug-likeness (QED) is 0.296. The lowest BCUT2D eigenvalue weighted by molar-refractivity contribution is 0.415. The number of hydrogen-bond donors (Lipinski definition) is 0. The van der Waals surface area contributed by atoms with Gasteiger partial charge in [0.2, 0.25) is 5.13 Å². The van der Waals surface area contributed by atoms with Crippen LogP contribution in [-0.2, 0) is 6.42 Å². The molecule has 0 unspecified atom stereocenters. The van der Waals surface area contributed by atoms with Gasteiger partial charge in [0.1, 0.15) is 5.75 Å². The minimum Gasteiger partial charge on any atom is -0.497 e. The van der Waals surface area contributed by atoms with Gasteiger partial charge in [0.25, 0.3) is 0 Å². The molecule has 4 rings (SSSR count). The van der Waals surface area contributed by atoms with E-state index in [1.807, 2.05) is 41.6 Å². The van der Waals surface area contributed by atoms with Gasteiger partial charge < -0.3 is 4.74 Å². The third-order valence-electron chi connectivity index (χ3n) is 5.18. The molecule has 0 aliphatic rings. The van der Waals surface area contributed by atoms with Crippen LogP contribution in [0.25, 0.3) is 16.4 Å². The lowest BCUT2D eigenvalue weighted by atomic mass is 10.0. The first-order valence-electron chi connectivity index (χ1n) is 10.6. The lowest BCUT2D eigenvalue weighted by Crippen LogP contribution is -1.96. The molecule has 1 aromatic carbocycles. The Balaban J connectivity index is 1.70. The Morgan fingerprint density at radius 2 is 1.84 bits per heavy atom. The number of ether oxygens (including phenoxy) is 1. The number of thiazole rings is 1. The Bertz CT molecular complexity index is 1240. The molecular weight excluding hydrogens is 436 g/mol. The van der Waals surface area contributed by atoms with Gasteiger partial charge in [0.05, 0.1) is 22.7 Å². The first-order valence-corrected chi connectivity index (χ1v) is 12.3. The van der Waals surface area contributed by atoms with E-state index in [0.717, 1.165) is 45.6 Å². The Hall–Kier alpha value is -2.64. The van der Waals surface area contributed by atoms with E-state index in [-0.39, 0.29) is 0 Å². The van der Waals surface area contributed by atoms with E-state index < -0.39 is 0 Å². The number of pyridine rings is 1. The lowest BCUT2D eigenvalue weighted by Gasteiger charge is -2.06. The number of rotatable bonds is 7.